The fourth-order valence-electron chi connectivity index (χ4n) is 2.84. The van der Waals surface area contributed by atoms with Crippen molar-refractivity contribution in [1.29, 1.82) is 0 Å². The summed E-state index contributed by atoms with van der Waals surface area (Å²) in [6.07, 6.45) is 6.54. The molecule has 0 radical (unpaired) electrons. The van der Waals surface area contributed by atoms with E-state index >= 15 is 0 Å². The average molecular weight is 276 g/mol. The van der Waals surface area contributed by atoms with E-state index in [-0.39, 0.29) is 12.0 Å². The lowest BCUT2D eigenvalue weighted by Gasteiger charge is -2.30. The van der Waals surface area contributed by atoms with Gasteiger partial charge in [0.15, 0.2) is 0 Å². The highest BCUT2D eigenvalue weighted by atomic mass is 32.2. The van der Waals surface area contributed by atoms with E-state index in [1.807, 2.05) is 0 Å². The zero-order chi connectivity index (χ0) is 13.0. The Morgan fingerprint density at radius 3 is 2.39 bits per heavy atom. The normalized spacial score (nSPS) is 31.4. The lowest BCUT2D eigenvalue weighted by atomic mass is 9.87. The zero-order valence-corrected chi connectivity index (χ0v) is 11.7. The van der Waals surface area contributed by atoms with E-state index in [0.29, 0.717) is 19.6 Å². The molecule has 2 N–H and O–H groups in total. The van der Waals surface area contributed by atoms with Gasteiger partial charge >= 0.3 is 0 Å². The van der Waals surface area contributed by atoms with Crippen LogP contribution in [0.2, 0.25) is 0 Å². The largest absolute Gasteiger partial charge is 0.393 e. The molecule has 0 aromatic carbocycles. The van der Waals surface area contributed by atoms with Crippen LogP contribution in [0.4, 0.5) is 0 Å². The number of aliphatic hydroxyl groups is 1. The Kier molecular flexibility index (Phi) is 5.00. The molecule has 0 aromatic rings. The number of piperidine rings is 1. The summed E-state index contributed by atoms with van der Waals surface area (Å²) in [5, 5.41) is 9.83. The van der Waals surface area contributed by atoms with Gasteiger partial charge in [0.25, 0.3) is 10.2 Å². The number of nitrogens with one attached hydrogen (secondary N) is 1. The molecule has 18 heavy (non-hydrogen) atoms. The second kappa shape index (κ2) is 6.32. The number of hydrogen-bond acceptors (Lipinski definition) is 3. The maximum atomic E-state index is 12.1. The Morgan fingerprint density at radius 2 is 1.72 bits per heavy atom. The minimum atomic E-state index is -3.33. The van der Waals surface area contributed by atoms with Gasteiger partial charge in [-0.1, -0.05) is 19.3 Å². The molecule has 0 amide bonds. The smallest absolute Gasteiger partial charge is 0.279 e. The van der Waals surface area contributed by atoms with Crippen LogP contribution in [-0.4, -0.2) is 43.6 Å². The molecule has 2 fully saturated rings. The first kappa shape index (κ1) is 14.2. The minimum Gasteiger partial charge on any atom is -0.393 e. The van der Waals surface area contributed by atoms with Crippen molar-refractivity contribution in [3.63, 3.8) is 0 Å². The van der Waals surface area contributed by atoms with E-state index in [1.54, 1.807) is 0 Å². The van der Waals surface area contributed by atoms with E-state index in [1.165, 1.54) is 4.31 Å². The van der Waals surface area contributed by atoms with Gasteiger partial charge in [-0.25, -0.2) is 4.72 Å². The molecule has 106 valence electrons. The first-order valence-corrected chi connectivity index (χ1v) is 8.46. The topological polar surface area (TPSA) is 69.6 Å². The van der Waals surface area contributed by atoms with Crippen molar-refractivity contribution in [3.05, 3.63) is 0 Å². The van der Waals surface area contributed by atoms with E-state index in [9.17, 15) is 13.5 Å². The number of hydrogen-bond donors (Lipinski definition) is 2. The highest BCUT2D eigenvalue weighted by Crippen LogP contribution is 2.24. The predicted molar refractivity (Wildman–Crippen MR) is 70.3 cm³/mol. The quantitative estimate of drug-likeness (QED) is 0.800. The molecule has 1 saturated carbocycles. The third kappa shape index (κ3) is 3.66. The molecule has 0 aromatic heterocycles. The molecule has 1 saturated heterocycles. The molecule has 1 aliphatic carbocycles. The van der Waals surface area contributed by atoms with E-state index in [0.717, 1.165) is 44.9 Å². The molecular formula is C12H24N2O3S. The van der Waals surface area contributed by atoms with Gasteiger partial charge in [-0.2, -0.15) is 12.7 Å². The third-order valence-electron chi connectivity index (χ3n) is 4.05. The molecule has 2 rings (SSSR count). The molecule has 1 aliphatic heterocycles. The molecule has 5 nitrogen and oxygen atoms in total. The van der Waals surface area contributed by atoms with Crippen LogP contribution < -0.4 is 4.72 Å². The summed E-state index contributed by atoms with van der Waals surface area (Å²) in [6, 6.07) is 0. The Bertz CT molecular complexity index is 352. The summed E-state index contributed by atoms with van der Waals surface area (Å²) >= 11 is 0. The Balaban J connectivity index is 1.84. The summed E-state index contributed by atoms with van der Waals surface area (Å²) in [5.74, 6) is 0.0818. The fourth-order valence-corrected chi connectivity index (χ4v) is 4.18. The summed E-state index contributed by atoms with van der Waals surface area (Å²) in [5.41, 5.74) is 0. The van der Waals surface area contributed by atoms with Gasteiger partial charge in [0.1, 0.15) is 0 Å². The first-order chi connectivity index (χ1) is 8.59. The van der Waals surface area contributed by atoms with Crippen molar-refractivity contribution in [1.82, 2.24) is 9.03 Å². The van der Waals surface area contributed by atoms with Crippen LogP contribution in [0.5, 0.6) is 0 Å². The number of nitrogens with zero attached hydrogens (tertiary/aromatic N) is 1. The minimum absolute atomic E-state index is 0.0818. The molecule has 0 bridgehead atoms. The predicted octanol–water partition coefficient (Wildman–Crippen LogP) is 0.858. The van der Waals surface area contributed by atoms with Crippen LogP contribution in [0.25, 0.3) is 0 Å². The summed E-state index contributed by atoms with van der Waals surface area (Å²) in [7, 11) is -3.33. The molecule has 2 atom stereocenters. The molecular weight excluding hydrogens is 252 g/mol. The Morgan fingerprint density at radius 1 is 1.06 bits per heavy atom. The highest BCUT2D eigenvalue weighted by Gasteiger charge is 2.27. The van der Waals surface area contributed by atoms with E-state index in [2.05, 4.69) is 4.72 Å². The van der Waals surface area contributed by atoms with Crippen LogP contribution in [-0.2, 0) is 10.2 Å². The van der Waals surface area contributed by atoms with Crippen molar-refractivity contribution in [2.75, 3.05) is 19.6 Å². The highest BCUT2D eigenvalue weighted by molar-refractivity contribution is 7.87. The lowest BCUT2D eigenvalue weighted by Crippen LogP contribution is -2.46. The summed E-state index contributed by atoms with van der Waals surface area (Å²) < 4.78 is 28.3. The monoisotopic (exact) mass is 276 g/mol. The number of rotatable bonds is 4. The van der Waals surface area contributed by atoms with Crippen LogP contribution >= 0.6 is 0 Å². The van der Waals surface area contributed by atoms with Crippen molar-refractivity contribution in [2.24, 2.45) is 5.92 Å². The van der Waals surface area contributed by atoms with Gasteiger partial charge in [0.2, 0.25) is 0 Å². The standard InChI is InChI=1S/C12H24N2O3S/c15-12-7-3-2-6-11(12)10-13-18(16,17)14-8-4-1-5-9-14/h11-13,15H,1-10H2. The van der Waals surface area contributed by atoms with Crippen LogP contribution in [0.1, 0.15) is 44.9 Å². The molecule has 0 spiro atoms. The first-order valence-electron chi connectivity index (χ1n) is 7.02. The maximum absolute atomic E-state index is 12.1. The Labute approximate surface area is 110 Å². The van der Waals surface area contributed by atoms with Crippen LogP contribution in [0, 0.1) is 5.92 Å². The zero-order valence-electron chi connectivity index (χ0n) is 10.8. The molecule has 2 unspecified atom stereocenters. The van der Waals surface area contributed by atoms with Crippen molar-refractivity contribution in [3.8, 4) is 0 Å². The van der Waals surface area contributed by atoms with Gasteiger partial charge in [-0.05, 0) is 31.6 Å². The maximum Gasteiger partial charge on any atom is 0.279 e. The van der Waals surface area contributed by atoms with Gasteiger partial charge in [-0.3, -0.25) is 0 Å². The van der Waals surface area contributed by atoms with Crippen molar-refractivity contribution in [2.45, 2.75) is 51.0 Å². The number of aliphatic hydroxyl groups excluding tert-OH is 1. The van der Waals surface area contributed by atoms with Gasteiger partial charge < -0.3 is 5.11 Å². The van der Waals surface area contributed by atoms with Crippen LogP contribution in [0.3, 0.4) is 0 Å². The van der Waals surface area contributed by atoms with E-state index in [4.69, 9.17) is 0 Å². The SMILES string of the molecule is O=S(=O)(NCC1CCCCC1O)N1CCCCC1. The second-order valence-electron chi connectivity index (χ2n) is 5.43. The lowest BCUT2D eigenvalue weighted by molar-refractivity contribution is 0.0722. The van der Waals surface area contributed by atoms with E-state index < -0.39 is 10.2 Å². The summed E-state index contributed by atoms with van der Waals surface area (Å²) in [6.45, 7) is 1.63. The van der Waals surface area contributed by atoms with Crippen LogP contribution in [0.15, 0.2) is 0 Å². The molecule has 1 heterocycles. The molecule has 2 aliphatic rings. The van der Waals surface area contributed by atoms with Gasteiger partial charge in [0.05, 0.1) is 6.10 Å². The summed E-state index contributed by atoms with van der Waals surface area (Å²) in [4.78, 5) is 0. The van der Waals surface area contributed by atoms with Crippen molar-refractivity contribution < 1.29 is 13.5 Å². The second-order valence-corrected chi connectivity index (χ2v) is 7.18. The van der Waals surface area contributed by atoms with Gasteiger partial charge in [0, 0.05) is 19.6 Å². The Hall–Kier alpha value is -0.170. The fraction of sp³-hybridized carbons (Fsp3) is 1.00. The van der Waals surface area contributed by atoms with Gasteiger partial charge in [-0.15, -0.1) is 0 Å². The molecule has 6 heteroatoms. The average Bonchev–Trinajstić information content (AvgIpc) is 2.39. The van der Waals surface area contributed by atoms with Crippen molar-refractivity contribution >= 4 is 10.2 Å². The third-order valence-corrected chi connectivity index (χ3v) is 5.63.